The molecule has 0 N–H and O–H groups in total. The van der Waals surface area contributed by atoms with E-state index in [9.17, 15) is 18.0 Å². The molecule has 158 valence electrons. The molecule has 3 aliphatic rings. The van der Waals surface area contributed by atoms with E-state index in [1.165, 1.54) is 28.8 Å². The number of thioether (sulfide) groups is 1. The molecule has 2 spiro atoms. The van der Waals surface area contributed by atoms with Crippen LogP contribution in [0, 0.1) is 5.41 Å². The highest BCUT2D eigenvalue weighted by Crippen LogP contribution is 2.62. The Morgan fingerprint density at radius 1 is 1.28 bits per heavy atom. The van der Waals surface area contributed by atoms with Crippen LogP contribution in [-0.4, -0.2) is 48.9 Å². The Morgan fingerprint density at radius 2 is 1.97 bits per heavy atom. The van der Waals surface area contributed by atoms with Crippen molar-refractivity contribution in [1.82, 2.24) is 4.90 Å². The molecule has 5 nitrogen and oxygen atoms in total. The predicted octanol–water partition coefficient (Wildman–Crippen LogP) is 4.10. The largest absolute Gasteiger partial charge is 0.573 e. The van der Waals surface area contributed by atoms with Gasteiger partial charge in [0.25, 0.3) is 5.91 Å². The van der Waals surface area contributed by atoms with E-state index in [0.717, 1.165) is 31.2 Å². The second kappa shape index (κ2) is 6.91. The molecule has 4 rings (SSSR count). The van der Waals surface area contributed by atoms with Crippen LogP contribution in [0.1, 0.15) is 36.8 Å². The Labute approximate surface area is 171 Å². The number of fused-ring (bicyclic) bond motifs is 3. The summed E-state index contributed by atoms with van der Waals surface area (Å²) >= 11 is 1.37. The summed E-state index contributed by atoms with van der Waals surface area (Å²) in [6, 6.07) is 4.33. The minimum Gasteiger partial charge on any atom is -0.406 e. The van der Waals surface area contributed by atoms with E-state index in [-0.39, 0.29) is 17.8 Å². The SMILES string of the molecule is COC1CCC2(CC1)Cc1ccc(OC(F)(F)F)cc1C21N=C(SC)N(C)C1=O. The van der Waals surface area contributed by atoms with Crippen molar-refractivity contribution in [2.75, 3.05) is 20.4 Å². The van der Waals surface area contributed by atoms with Crippen molar-refractivity contribution >= 4 is 22.8 Å². The van der Waals surface area contributed by atoms with Gasteiger partial charge in [-0.2, -0.15) is 0 Å². The zero-order valence-electron chi connectivity index (χ0n) is 16.5. The number of halogens is 3. The number of hydrogen-bond donors (Lipinski definition) is 0. The van der Waals surface area contributed by atoms with E-state index in [2.05, 4.69) is 4.74 Å². The molecule has 1 aliphatic heterocycles. The summed E-state index contributed by atoms with van der Waals surface area (Å²) in [6.07, 6.45) is 0.812. The number of ether oxygens (including phenoxy) is 2. The van der Waals surface area contributed by atoms with Gasteiger partial charge in [-0.05, 0) is 61.6 Å². The highest BCUT2D eigenvalue weighted by molar-refractivity contribution is 8.13. The summed E-state index contributed by atoms with van der Waals surface area (Å²) in [5.41, 5.74) is -0.275. The van der Waals surface area contributed by atoms with Gasteiger partial charge >= 0.3 is 6.36 Å². The van der Waals surface area contributed by atoms with E-state index in [1.54, 1.807) is 20.2 Å². The highest BCUT2D eigenvalue weighted by Gasteiger charge is 2.66. The first-order valence-corrected chi connectivity index (χ1v) is 10.7. The van der Waals surface area contributed by atoms with Gasteiger partial charge in [-0.3, -0.25) is 9.69 Å². The molecular formula is C20H23F3N2O3S. The van der Waals surface area contributed by atoms with Crippen LogP contribution in [0.3, 0.4) is 0 Å². The first-order valence-electron chi connectivity index (χ1n) is 9.50. The maximum Gasteiger partial charge on any atom is 0.573 e. The number of nitrogens with zero attached hydrogens (tertiary/aromatic N) is 2. The molecule has 1 atom stereocenters. The average Bonchev–Trinajstić information content (AvgIpc) is 3.09. The van der Waals surface area contributed by atoms with E-state index in [4.69, 9.17) is 9.73 Å². The van der Waals surface area contributed by atoms with Crippen molar-refractivity contribution in [3.63, 3.8) is 0 Å². The zero-order valence-corrected chi connectivity index (χ0v) is 17.3. The van der Waals surface area contributed by atoms with Crippen LogP contribution in [-0.2, 0) is 21.5 Å². The van der Waals surface area contributed by atoms with Crippen LogP contribution in [0.25, 0.3) is 0 Å². The number of rotatable bonds is 2. The Balaban J connectivity index is 1.85. The molecule has 1 aromatic rings. The molecule has 9 heteroatoms. The lowest BCUT2D eigenvalue weighted by atomic mass is 9.61. The van der Waals surface area contributed by atoms with Crippen LogP contribution in [0.15, 0.2) is 23.2 Å². The fourth-order valence-electron chi connectivity index (χ4n) is 5.24. The first-order chi connectivity index (χ1) is 13.7. The number of hydrogen-bond acceptors (Lipinski definition) is 5. The third kappa shape index (κ3) is 3.04. The average molecular weight is 428 g/mol. The summed E-state index contributed by atoms with van der Waals surface area (Å²) < 4.78 is 48.1. The standard InChI is InChI=1S/C20H23F3N2O3S/c1-25-16(26)19(24-17(25)29-3)15-10-14(28-20(21,22)23)5-4-12(15)11-18(19)8-6-13(27-2)7-9-18/h4-5,10,13H,6-9,11H2,1-3H3. The topological polar surface area (TPSA) is 51.1 Å². The maximum absolute atomic E-state index is 13.6. The third-order valence-corrected chi connectivity index (χ3v) is 7.30. The predicted molar refractivity (Wildman–Crippen MR) is 104 cm³/mol. The zero-order chi connectivity index (χ0) is 21.0. The minimum atomic E-state index is -4.79. The number of benzene rings is 1. The lowest BCUT2D eigenvalue weighted by Gasteiger charge is -2.45. The summed E-state index contributed by atoms with van der Waals surface area (Å²) in [5.74, 6) is -0.498. The van der Waals surface area contributed by atoms with Crippen molar-refractivity contribution in [2.24, 2.45) is 10.4 Å². The number of aliphatic imine (C=N–C) groups is 1. The number of methoxy groups -OCH3 is 1. The molecule has 0 radical (unpaired) electrons. The fraction of sp³-hybridized carbons (Fsp3) is 0.600. The van der Waals surface area contributed by atoms with Gasteiger partial charge in [0.15, 0.2) is 10.7 Å². The van der Waals surface area contributed by atoms with Gasteiger partial charge in [-0.25, -0.2) is 4.99 Å². The van der Waals surface area contributed by atoms with E-state index < -0.39 is 17.3 Å². The van der Waals surface area contributed by atoms with Gasteiger partial charge in [-0.1, -0.05) is 17.8 Å². The van der Waals surface area contributed by atoms with Crippen LogP contribution >= 0.6 is 11.8 Å². The van der Waals surface area contributed by atoms with Crippen molar-refractivity contribution < 1.29 is 27.4 Å². The molecule has 1 unspecified atom stereocenters. The van der Waals surface area contributed by atoms with Gasteiger partial charge < -0.3 is 9.47 Å². The quantitative estimate of drug-likeness (QED) is 0.712. The molecular weight excluding hydrogens is 405 g/mol. The van der Waals surface area contributed by atoms with E-state index in [0.29, 0.717) is 17.2 Å². The third-order valence-electron chi connectivity index (χ3n) is 6.57. The Bertz CT molecular complexity index is 865. The Hall–Kier alpha value is -1.74. The highest BCUT2D eigenvalue weighted by atomic mass is 32.2. The van der Waals surface area contributed by atoms with Gasteiger partial charge in [0.05, 0.1) is 6.10 Å². The van der Waals surface area contributed by atoms with Crippen molar-refractivity contribution in [3.05, 3.63) is 29.3 Å². The molecule has 1 fully saturated rings. The molecule has 0 saturated heterocycles. The van der Waals surface area contributed by atoms with Gasteiger partial charge in [-0.15, -0.1) is 13.2 Å². The van der Waals surface area contributed by atoms with Gasteiger partial charge in [0.2, 0.25) is 0 Å². The molecule has 1 saturated carbocycles. The summed E-state index contributed by atoms with van der Waals surface area (Å²) in [6.45, 7) is 0. The van der Waals surface area contributed by atoms with Crippen LogP contribution in [0.5, 0.6) is 5.75 Å². The number of amides is 1. The minimum absolute atomic E-state index is 0.128. The van der Waals surface area contributed by atoms with Crippen LogP contribution in [0.4, 0.5) is 13.2 Å². The number of amidine groups is 1. The van der Waals surface area contributed by atoms with Gasteiger partial charge in [0, 0.05) is 19.6 Å². The van der Waals surface area contributed by atoms with Crippen molar-refractivity contribution in [3.8, 4) is 5.75 Å². The van der Waals surface area contributed by atoms with Crippen molar-refractivity contribution in [2.45, 2.75) is 50.1 Å². The molecule has 29 heavy (non-hydrogen) atoms. The molecule has 1 heterocycles. The monoisotopic (exact) mass is 428 g/mol. The van der Waals surface area contributed by atoms with E-state index >= 15 is 0 Å². The lowest BCUT2D eigenvalue weighted by molar-refractivity contribution is -0.274. The maximum atomic E-state index is 13.6. The second-order valence-electron chi connectivity index (χ2n) is 7.93. The Kier molecular flexibility index (Phi) is 4.89. The second-order valence-corrected chi connectivity index (χ2v) is 8.71. The number of alkyl halides is 3. The summed E-state index contributed by atoms with van der Waals surface area (Å²) in [4.78, 5) is 20.0. The van der Waals surface area contributed by atoms with Crippen LogP contribution in [0.2, 0.25) is 0 Å². The smallest absolute Gasteiger partial charge is 0.406 e. The molecule has 0 bridgehead atoms. The summed E-state index contributed by atoms with van der Waals surface area (Å²) in [5, 5.41) is 0.582. The molecule has 1 aromatic carbocycles. The lowest BCUT2D eigenvalue weighted by Crippen LogP contribution is -2.51. The van der Waals surface area contributed by atoms with E-state index in [1.807, 2.05) is 6.26 Å². The van der Waals surface area contributed by atoms with Crippen molar-refractivity contribution in [1.29, 1.82) is 0 Å². The molecule has 1 amide bonds. The fourth-order valence-corrected chi connectivity index (χ4v) is 5.82. The summed E-state index contributed by atoms with van der Waals surface area (Å²) in [7, 11) is 3.36. The van der Waals surface area contributed by atoms with Crippen LogP contribution < -0.4 is 4.74 Å². The number of likely N-dealkylation sites (N-methyl/N-ethyl adjacent to an activating group) is 1. The molecule has 0 aromatic heterocycles. The normalized spacial score (nSPS) is 31.5. The number of carbonyl (C=O) groups is 1. The molecule has 2 aliphatic carbocycles. The van der Waals surface area contributed by atoms with Gasteiger partial charge in [0.1, 0.15) is 5.75 Å². The number of carbonyl (C=O) groups excluding carboxylic acids is 1. The first kappa shape index (κ1) is 20.5. The Morgan fingerprint density at radius 3 is 2.52 bits per heavy atom.